The summed E-state index contributed by atoms with van der Waals surface area (Å²) < 4.78 is 6.93. The molecule has 0 spiro atoms. The summed E-state index contributed by atoms with van der Waals surface area (Å²) in [5.74, 6) is -0.409. The number of nitrogens with one attached hydrogen (secondary N) is 1. The van der Waals surface area contributed by atoms with Crippen molar-refractivity contribution in [3.05, 3.63) is 30.1 Å². The highest BCUT2D eigenvalue weighted by atomic mass is 16.6. The molecule has 4 rings (SSSR count). The number of nitrogen functional groups attached to an aromatic ring is 1. The third-order valence-corrected chi connectivity index (χ3v) is 4.65. The first kappa shape index (κ1) is 19.8. The van der Waals surface area contributed by atoms with E-state index in [1.54, 1.807) is 0 Å². The summed E-state index contributed by atoms with van der Waals surface area (Å²) in [5, 5.41) is 52.9. The maximum Gasteiger partial charge on any atom is 0.228 e. The van der Waals surface area contributed by atoms with Crippen LogP contribution < -0.4 is 11.2 Å². The zero-order chi connectivity index (χ0) is 21.4. The van der Waals surface area contributed by atoms with E-state index < -0.39 is 31.1 Å². The van der Waals surface area contributed by atoms with Gasteiger partial charge in [-0.1, -0.05) is 0 Å². The van der Waals surface area contributed by atoms with Gasteiger partial charge in [0.2, 0.25) is 5.95 Å². The minimum absolute atomic E-state index is 0.0753. The number of phenols is 2. The van der Waals surface area contributed by atoms with E-state index in [9.17, 15) is 25.5 Å². The summed E-state index contributed by atoms with van der Waals surface area (Å²) in [4.78, 5) is 12.3. The van der Waals surface area contributed by atoms with Crippen LogP contribution in [0.2, 0.25) is 0 Å². The van der Waals surface area contributed by atoms with E-state index in [1.807, 2.05) is 0 Å². The number of aromatic nitrogens is 4. The molecular weight excluding hydrogens is 398 g/mol. The molecule has 3 heterocycles. The van der Waals surface area contributed by atoms with Crippen molar-refractivity contribution in [3.8, 4) is 11.5 Å². The molecule has 3 aromatic rings. The number of aliphatic hydroxyl groups is 3. The second-order valence-electron chi connectivity index (χ2n) is 6.58. The number of aliphatic hydroxyl groups excluding tert-OH is 3. The fourth-order valence-electron chi connectivity index (χ4n) is 3.12. The molecule has 0 bridgehead atoms. The highest BCUT2D eigenvalue weighted by Gasteiger charge is 2.45. The Kier molecular flexibility index (Phi) is 5.09. The Balaban J connectivity index is 1.70. The molecule has 2 aromatic heterocycles. The largest absolute Gasteiger partial charge is 0.504 e. The number of rotatable bonds is 5. The molecule has 1 aromatic carbocycles. The van der Waals surface area contributed by atoms with Gasteiger partial charge in [-0.15, -0.1) is 0 Å². The van der Waals surface area contributed by atoms with Crippen LogP contribution in [0.25, 0.3) is 11.2 Å². The van der Waals surface area contributed by atoms with Crippen LogP contribution in [0.4, 0.5) is 11.8 Å². The van der Waals surface area contributed by atoms with E-state index >= 15 is 0 Å². The molecule has 8 N–H and O–H groups in total. The Morgan fingerprint density at radius 1 is 1.20 bits per heavy atom. The number of aromatic hydroxyl groups is 2. The van der Waals surface area contributed by atoms with Gasteiger partial charge in [-0.3, -0.25) is 4.57 Å². The van der Waals surface area contributed by atoms with E-state index in [-0.39, 0.29) is 34.4 Å². The quantitative estimate of drug-likeness (QED) is 0.150. The first-order valence-electron chi connectivity index (χ1n) is 8.82. The van der Waals surface area contributed by atoms with Gasteiger partial charge in [0.15, 0.2) is 34.7 Å². The molecule has 0 saturated carbocycles. The van der Waals surface area contributed by atoms with Gasteiger partial charge in [0.25, 0.3) is 0 Å². The van der Waals surface area contributed by atoms with Crippen molar-refractivity contribution < 1.29 is 30.3 Å². The molecular formula is C17H19N7O6. The molecule has 158 valence electrons. The number of imidazole rings is 1. The van der Waals surface area contributed by atoms with Gasteiger partial charge in [-0.2, -0.15) is 5.10 Å². The zero-order valence-electron chi connectivity index (χ0n) is 15.4. The molecule has 1 aliphatic rings. The Morgan fingerprint density at radius 3 is 2.70 bits per heavy atom. The SMILES string of the molecule is Nc1ncnc2c1nc(NN=Cc1ccc(O)c(O)c1)n2C1OC(CO)C(O)C1O. The second kappa shape index (κ2) is 7.72. The van der Waals surface area contributed by atoms with Crippen molar-refractivity contribution in [1.82, 2.24) is 19.5 Å². The molecule has 1 saturated heterocycles. The van der Waals surface area contributed by atoms with Crippen LogP contribution >= 0.6 is 0 Å². The van der Waals surface area contributed by atoms with Crippen LogP contribution in [0.5, 0.6) is 11.5 Å². The molecule has 13 heteroatoms. The maximum atomic E-state index is 10.4. The highest BCUT2D eigenvalue weighted by Crippen LogP contribution is 2.35. The Bertz CT molecular complexity index is 1100. The summed E-state index contributed by atoms with van der Waals surface area (Å²) >= 11 is 0. The van der Waals surface area contributed by atoms with Gasteiger partial charge in [0, 0.05) is 0 Å². The summed E-state index contributed by atoms with van der Waals surface area (Å²) in [6.45, 7) is -0.496. The standard InChI is InChI=1S/C17H19N7O6/c18-14-11-15(20-6-19-14)24(16-13(29)12(28)10(5-25)30-16)17(22-11)23-21-4-7-1-2-8(26)9(27)3-7/h1-4,6,10,12-13,16,25-29H,5H2,(H,22,23)(H2,18,19,20). The van der Waals surface area contributed by atoms with Crippen molar-refractivity contribution in [1.29, 1.82) is 0 Å². The minimum Gasteiger partial charge on any atom is -0.504 e. The Morgan fingerprint density at radius 2 is 2.00 bits per heavy atom. The molecule has 0 radical (unpaired) electrons. The van der Waals surface area contributed by atoms with Gasteiger partial charge in [0.1, 0.15) is 24.6 Å². The van der Waals surface area contributed by atoms with Crippen LogP contribution in [0, 0.1) is 0 Å². The van der Waals surface area contributed by atoms with E-state index in [0.29, 0.717) is 5.56 Å². The number of nitrogens with two attached hydrogens (primary N) is 1. The van der Waals surface area contributed by atoms with Crippen molar-refractivity contribution in [3.63, 3.8) is 0 Å². The molecule has 1 aliphatic heterocycles. The number of anilines is 2. The van der Waals surface area contributed by atoms with E-state index in [0.717, 1.165) is 0 Å². The lowest BCUT2D eigenvalue weighted by molar-refractivity contribution is -0.0501. The van der Waals surface area contributed by atoms with Gasteiger partial charge in [0.05, 0.1) is 12.8 Å². The third kappa shape index (κ3) is 3.35. The second-order valence-corrected chi connectivity index (χ2v) is 6.58. The molecule has 4 unspecified atom stereocenters. The van der Waals surface area contributed by atoms with Crippen LogP contribution in [-0.2, 0) is 4.74 Å². The number of ether oxygens (including phenoxy) is 1. The minimum atomic E-state index is -1.38. The monoisotopic (exact) mass is 417 g/mol. The number of fused-ring (bicyclic) bond motifs is 1. The van der Waals surface area contributed by atoms with Crippen molar-refractivity contribution in [2.24, 2.45) is 5.10 Å². The highest BCUT2D eigenvalue weighted by molar-refractivity contribution is 5.85. The van der Waals surface area contributed by atoms with E-state index in [2.05, 4.69) is 25.5 Å². The Labute approximate surface area is 168 Å². The number of benzene rings is 1. The van der Waals surface area contributed by atoms with Gasteiger partial charge in [-0.05, 0) is 23.8 Å². The first-order chi connectivity index (χ1) is 14.4. The summed E-state index contributed by atoms with van der Waals surface area (Å²) in [6.07, 6.45) is -2.27. The van der Waals surface area contributed by atoms with Crippen molar-refractivity contribution in [2.75, 3.05) is 17.8 Å². The van der Waals surface area contributed by atoms with Crippen LogP contribution in [0.3, 0.4) is 0 Å². The lowest BCUT2D eigenvalue weighted by Gasteiger charge is -2.18. The van der Waals surface area contributed by atoms with Gasteiger partial charge in [-0.25, -0.2) is 20.4 Å². The van der Waals surface area contributed by atoms with E-state index in [1.165, 1.54) is 35.3 Å². The summed E-state index contributed by atoms with van der Waals surface area (Å²) in [6, 6.07) is 4.14. The molecule has 1 fully saturated rings. The van der Waals surface area contributed by atoms with Crippen LogP contribution in [-0.4, -0.2) is 76.2 Å². The zero-order valence-corrected chi connectivity index (χ0v) is 15.4. The average molecular weight is 417 g/mol. The first-order valence-corrected chi connectivity index (χ1v) is 8.82. The third-order valence-electron chi connectivity index (χ3n) is 4.65. The normalized spacial score (nSPS) is 24.1. The lowest BCUT2D eigenvalue weighted by Crippen LogP contribution is -2.33. The number of nitrogens with zero attached hydrogens (tertiary/aromatic N) is 5. The summed E-state index contributed by atoms with van der Waals surface area (Å²) in [7, 11) is 0. The maximum absolute atomic E-state index is 10.4. The van der Waals surface area contributed by atoms with Crippen molar-refractivity contribution >= 4 is 29.1 Å². The molecule has 0 amide bonds. The summed E-state index contributed by atoms with van der Waals surface area (Å²) in [5.41, 5.74) is 9.46. The molecule has 30 heavy (non-hydrogen) atoms. The number of hydrogen-bond donors (Lipinski definition) is 7. The van der Waals surface area contributed by atoms with Crippen LogP contribution in [0.1, 0.15) is 11.8 Å². The molecule has 0 aliphatic carbocycles. The fourth-order valence-corrected chi connectivity index (χ4v) is 3.12. The predicted octanol–water partition coefficient (Wildman–Crippen LogP) is -1.12. The van der Waals surface area contributed by atoms with Gasteiger partial charge < -0.3 is 36.0 Å². The van der Waals surface area contributed by atoms with Gasteiger partial charge >= 0.3 is 0 Å². The van der Waals surface area contributed by atoms with Crippen LogP contribution in [0.15, 0.2) is 29.6 Å². The lowest BCUT2D eigenvalue weighted by atomic mass is 10.1. The Hall–Kier alpha value is -3.52. The van der Waals surface area contributed by atoms with E-state index in [4.69, 9.17) is 10.5 Å². The number of hydrazone groups is 1. The van der Waals surface area contributed by atoms with Crippen molar-refractivity contribution in [2.45, 2.75) is 24.5 Å². The molecule has 13 nitrogen and oxygen atoms in total. The predicted molar refractivity (Wildman–Crippen MR) is 104 cm³/mol. The number of hydrogen-bond acceptors (Lipinski definition) is 12. The number of phenolic OH excluding ortho intramolecular Hbond substituents is 2. The topological polar surface area (TPSA) is 204 Å². The fraction of sp³-hybridized carbons (Fsp3) is 0.294. The average Bonchev–Trinajstić information content (AvgIpc) is 3.23. The molecule has 4 atom stereocenters. The smallest absolute Gasteiger partial charge is 0.228 e.